The maximum atomic E-state index is 13.4. The lowest BCUT2D eigenvalue weighted by atomic mass is 9.93. The number of nitrogens with zero attached hydrogens (tertiary/aromatic N) is 1. The van der Waals surface area contributed by atoms with Gasteiger partial charge in [0.1, 0.15) is 6.04 Å². The molecular formula is C32H44N2O5S. The number of carbonyl (C=O) groups is 2. The van der Waals surface area contributed by atoms with Crippen LogP contribution in [0.25, 0.3) is 11.1 Å². The number of hydrogen-bond donors (Lipinski definition) is 2. The van der Waals surface area contributed by atoms with Crippen molar-refractivity contribution in [2.24, 2.45) is 0 Å². The molecule has 0 radical (unpaired) electrons. The van der Waals surface area contributed by atoms with Crippen molar-refractivity contribution in [3.8, 4) is 11.1 Å². The van der Waals surface area contributed by atoms with Crippen LogP contribution in [-0.4, -0.2) is 78.4 Å². The third kappa shape index (κ3) is 8.09. The molecule has 1 aliphatic carbocycles. The highest BCUT2D eigenvalue weighted by atomic mass is 32.2. The molecular weight excluding hydrogens is 524 g/mol. The number of aryl methyl sites for hydroxylation is 1. The molecule has 2 aromatic rings. The summed E-state index contributed by atoms with van der Waals surface area (Å²) >= 11 is 1.57. The number of carboxylic acids is 1. The number of rotatable bonds is 13. The topological polar surface area (TPSA) is 88.1 Å². The SMILES string of the molecule is COC[C@H]1C[C@@H](OC2CCCCC2)CN1Cc1ccc(C(=O)N[C@@H](CCSC)C(=O)O)c(-c2ccccc2C)c1. The monoisotopic (exact) mass is 568 g/mol. The average Bonchev–Trinajstić information content (AvgIpc) is 3.31. The average molecular weight is 569 g/mol. The first-order chi connectivity index (χ1) is 19.4. The van der Waals surface area contributed by atoms with Crippen molar-refractivity contribution in [1.29, 1.82) is 0 Å². The van der Waals surface area contributed by atoms with Gasteiger partial charge in [0.15, 0.2) is 0 Å². The number of methoxy groups -OCH3 is 1. The lowest BCUT2D eigenvalue weighted by Gasteiger charge is -2.26. The van der Waals surface area contributed by atoms with Crippen LogP contribution in [0.5, 0.6) is 0 Å². The van der Waals surface area contributed by atoms with Crippen LogP contribution in [0.3, 0.4) is 0 Å². The zero-order chi connectivity index (χ0) is 28.5. The summed E-state index contributed by atoms with van der Waals surface area (Å²) in [5, 5.41) is 12.4. The van der Waals surface area contributed by atoms with Gasteiger partial charge < -0.3 is 19.9 Å². The van der Waals surface area contributed by atoms with Crippen LogP contribution in [0.15, 0.2) is 42.5 Å². The van der Waals surface area contributed by atoms with Crippen molar-refractivity contribution < 1.29 is 24.2 Å². The molecule has 40 heavy (non-hydrogen) atoms. The highest BCUT2D eigenvalue weighted by molar-refractivity contribution is 7.98. The summed E-state index contributed by atoms with van der Waals surface area (Å²) in [4.78, 5) is 27.7. The molecule has 3 atom stereocenters. The van der Waals surface area contributed by atoms with Crippen molar-refractivity contribution >= 4 is 23.6 Å². The third-order valence-electron chi connectivity index (χ3n) is 8.15. The fourth-order valence-electron chi connectivity index (χ4n) is 6.02. The Kier molecular flexibility index (Phi) is 11.5. The van der Waals surface area contributed by atoms with E-state index in [-0.39, 0.29) is 18.1 Å². The number of ether oxygens (including phenoxy) is 2. The second-order valence-corrected chi connectivity index (χ2v) is 12.1. The number of likely N-dealkylation sites (tertiary alicyclic amines) is 1. The smallest absolute Gasteiger partial charge is 0.326 e. The van der Waals surface area contributed by atoms with Gasteiger partial charge in [0.05, 0.1) is 18.8 Å². The van der Waals surface area contributed by atoms with Crippen molar-refractivity contribution in [1.82, 2.24) is 10.2 Å². The van der Waals surface area contributed by atoms with E-state index >= 15 is 0 Å². The Hall–Kier alpha value is -2.39. The van der Waals surface area contributed by atoms with Crippen LogP contribution in [0, 0.1) is 6.92 Å². The highest BCUT2D eigenvalue weighted by Crippen LogP contribution is 2.31. The number of carbonyl (C=O) groups excluding carboxylic acids is 1. The summed E-state index contributed by atoms with van der Waals surface area (Å²) in [6, 6.07) is 13.3. The Morgan fingerprint density at radius 2 is 1.88 bits per heavy atom. The van der Waals surface area contributed by atoms with E-state index in [1.165, 1.54) is 19.3 Å². The van der Waals surface area contributed by atoms with Gasteiger partial charge in [-0.1, -0.05) is 49.6 Å². The predicted octanol–water partition coefficient (Wildman–Crippen LogP) is 5.54. The van der Waals surface area contributed by atoms with Crippen molar-refractivity contribution in [3.63, 3.8) is 0 Å². The number of hydrogen-bond acceptors (Lipinski definition) is 6. The van der Waals surface area contributed by atoms with Crippen LogP contribution in [0.4, 0.5) is 0 Å². The minimum absolute atomic E-state index is 0.207. The van der Waals surface area contributed by atoms with Gasteiger partial charge in [0, 0.05) is 31.8 Å². The number of thioether (sulfide) groups is 1. The van der Waals surface area contributed by atoms with Gasteiger partial charge in [-0.25, -0.2) is 4.79 Å². The lowest BCUT2D eigenvalue weighted by Crippen LogP contribution is -2.41. The molecule has 0 unspecified atom stereocenters. The molecule has 2 aliphatic rings. The number of nitrogens with one attached hydrogen (secondary N) is 1. The molecule has 2 fully saturated rings. The molecule has 0 bridgehead atoms. The predicted molar refractivity (Wildman–Crippen MR) is 161 cm³/mol. The number of benzene rings is 2. The maximum Gasteiger partial charge on any atom is 0.326 e. The van der Waals surface area contributed by atoms with Crippen LogP contribution in [-0.2, 0) is 20.8 Å². The molecule has 218 valence electrons. The van der Waals surface area contributed by atoms with Gasteiger partial charge >= 0.3 is 5.97 Å². The fraction of sp³-hybridized carbons (Fsp3) is 0.562. The molecule has 1 saturated carbocycles. The zero-order valence-corrected chi connectivity index (χ0v) is 24.9. The first-order valence-electron chi connectivity index (χ1n) is 14.5. The van der Waals surface area contributed by atoms with E-state index in [1.54, 1.807) is 18.9 Å². The minimum atomic E-state index is -1.01. The van der Waals surface area contributed by atoms with Crippen molar-refractivity contribution in [3.05, 3.63) is 59.2 Å². The van der Waals surface area contributed by atoms with Gasteiger partial charge in [0.25, 0.3) is 5.91 Å². The van der Waals surface area contributed by atoms with Crippen molar-refractivity contribution in [2.45, 2.75) is 82.7 Å². The second kappa shape index (κ2) is 15.0. The summed E-state index contributed by atoms with van der Waals surface area (Å²) < 4.78 is 12.1. The Bertz CT molecular complexity index is 1140. The van der Waals surface area contributed by atoms with E-state index in [4.69, 9.17) is 9.47 Å². The van der Waals surface area contributed by atoms with Crippen LogP contribution >= 0.6 is 11.8 Å². The summed E-state index contributed by atoms with van der Waals surface area (Å²) in [5.41, 5.74) is 4.44. The second-order valence-electron chi connectivity index (χ2n) is 11.1. The highest BCUT2D eigenvalue weighted by Gasteiger charge is 2.34. The Morgan fingerprint density at radius 1 is 1.10 bits per heavy atom. The first kappa shape index (κ1) is 30.6. The minimum Gasteiger partial charge on any atom is -0.480 e. The van der Waals surface area contributed by atoms with Crippen LogP contribution < -0.4 is 5.32 Å². The van der Waals surface area contributed by atoms with E-state index in [2.05, 4.69) is 16.3 Å². The summed E-state index contributed by atoms with van der Waals surface area (Å²) in [6.45, 7) is 4.28. The Balaban J connectivity index is 1.56. The van der Waals surface area contributed by atoms with Gasteiger partial charge in [-0.2, -0.15) is 11.8 Å². The molecule has 1 saturated heterocycles. The van der Waals surface area contributed by atoms with E-state index in [9.17, 15) is 14.7 Å². The molecule has 2 N–H and O–H groups in total. The molecule has 0 aromatic heterocycles. The molecule has 1 amide bonds. The number of amides is 1. The molecule has 2 aromatic carbocycles. The molecule has 1 aliphatic heterocycles. The number of aliphatic carboxylic acids is 1. The first-order valence-corrected chi connectivity index (χ1v) is 15.9. The van der Waals surface area contributed by atoms with E-state index in [0.717, 1.165) is 54.6 Å². The lowest BCUT2D eigenvalue weighted by molar-refractivity contribution is -0.139. The van der Waals surface area contributed by atoms with Gasteiger partial charge in [-0.3, -0.25) is 9.69 Å². The largest absolute Gasteiger partial charge is 0.480 e. The summed E-state index contributed by atoms with van der Waals surface area (Å²) in [6.07, 6.45) is 10.00. The fourth-order valence-corrected chi connectivity index (χ4v) is 6.49. The van der Waals surface area contributed by atoms with Gasteiger partial charge in [0.2, 0.25) is 0 Å². The molecule has 4 rings (SSSR count). The zero-order valence-electron chi connectivity index (χ0n) is 24.1. The Labute approximate surface area is 243 Å². The van der Waals surface area contributed by atoms with Crippen LogP contribution in [0.2, 0.25) is 0 Å². The molecule has 1 heterocycles. The number of carboxylic acid groups (broad SMARTS) is 1. The van der Waals surface area contributed by atoms with Crippen LogP contribution in [0.1, 0.15) is 66.4 Å². The van der Waals surface area contributed by atoms with E-state index < -0.39 is 12.0 Å². The van der Waals surface area contributed by atoms with Gasteiger partial charge in [-0.15, -0.1) is 0 Å². The van der Waals surface area contributed by atoms with E-state index in [0.29, 0.717) is 30.4 Å². The molecule has 7 nitrogen and oxygen atoms in total. The third-order valence-corrected chi connectivity index (χ3v) is 8.79. The summed E-state index contributed by atoms with van der Waals surface area (Å²) in [7, 11) is 1.75. The quantitative estimate of drug-likeness (QED) is 0.328. The maximum absolute atomic E-state index is 13.4. The van der Waals surface area contributed by atoms with Crippen molar-refractivity contribution in [2.75, 3.05) is 32.3 Å². The van der Waals surface area contributed by atoms with E-state index in [1.807, 2.05) is 49.6 Å². The molecule has 0 spiro atoms. The Morgan fingerprint density at radius 3 is 2.58 bits per heavy atom. The normalized spacial score (nSPS) is 20.9. The standard InChI is InChI=1S/C32H44N2O5S/c1-22-9-7-8-12-27(22)29-17-23(13-14-28(29)31(35)33-30(32(36)37)15-16-40-3)19-34-20-26(18-24(34)21-38-2)39-25-10-5-4-6-11-25/h7-9,12-14,17,24-26,30H,4-6,10-11,15-16,18-21H2,1-3H3,(H,33,35)(H,36,37)/t24-,26-,30+/m1/s1. The molecule has 8 heteroatoms. The van der Waals surface area contributed by atoms with Gasteiger partial charge in [-0.05, 0) is 79.0 Å². The summed E-state index contributed by atoms with van der Waals surface area (Å²) in [5.74, 6) is -0.720.